The van der Waals surface area contributed by atoms with Crippen LogP contribution in [0.1, 0.15) is 10.4 Å². The van der Waals surface area contributed by atoms with Crippen molar-refractivity contribution in [3.8, 4) is 0 Å². The predicted molar refractivity (Wildman–Crippen MR) is 61.7 cm³/mol. The smallest absolute Gasteiger partial charge is 0.349 e. The van der Waals surface area contributed by atoms with Gasteiger partial charge in [-0.15, -0.1) is 0 Å². The lowest BCUT2D eigenvalue weighted by atomic mass is 9.87. The molecule has 0 aliphatic rings. The number of aliphatic hydroxyl groups excluding tert-OH is 1. The number of aliphatic carboxylic acids is 2. The minimum Gasteiger partial charge on any atom is -0.479 e. The highest BCUT2D eigenvalue weighted by Gasteiger charge is 2.58. The van der Waals surface area contributed by atoms with E-state index < -0.39 is 29.4 Å². The molecule has 0 heterocycles. The normalized spacial score (nSPS) is 15.3. The Bertz CT molecular complexity index is 501. The van der Waals surface area contributed by atoms with E-state index in [0.29, 0.717) is 0 Å². The van der Waals surface area contributed by atoms with Crippen molar-refractivity contribution in [2.75, 3.05) is 0 Å². The maximum Gasteiger partial charge on any atom is 0.349 e. The van der Waals surface area contributed by atoms with Crippen LogP contribution in [0.25, 0.3) is 0 Å². The second-order valence-corrected chi connectivity index (χ2v) is 3.71. The molecule has 1 aromatic carbocycles. The monoisotopic (exact) mass is 288 g/mol. The predicted octanol–water partition coefficient (Wildman–Crippen LogP) is 0.309. The number of benzene rings is 1. The van der Waals surface area contributed by atoms with E-state index in [2.05, 4.69) is 4.29 Å². The first-order valence-electron chi connectivity index (χ1n) is 4.91. The van der Waals surface area contributed by atoms with Gasteiger partial charge in [-0.05, 0) is 0 Å². The molecule has 0 saturated heterocycles. The van der Waals surface area contributed by atoms with Crippen LogP contribution in [0.15, 0.2) is 30.3 Å². The molecule has 1 unspecified atom stereocenters. The van der Waals surface area contributed by atoms with Gasteiger partial charge in [0.05, 0.1) is 11.9 Å². The number of carboxylic acids is 2. The van der Waals surface area contributed by atoms with Gasteiger partial charge in [0.1, 0.15) is 0 Å². The van der Waals surface area contributed by atoms with Crippen molar-refractivity contribution in [3.63, 3.8) is 0 Å². The number of hydrogen-bond acceptors (Lipinski definition) is 5. The second kappa shape index (κ2) is 5.79. The highest BCUT2D eigenvalue weighted by molar-refractivity contribution is 6.21. The molecule has 0 amide bonds. The lowest BCUT2D eigenvalue weighted by molar-refractivity contribution is -0.171. The molecule has 3 N–H and O–H groups in total. The molecule has 0 bridgehead atoms. The van der Waals surface area contributed by atoms with E-state index in [1.54, 1.807) is 6.07 Å². The van der Waals surface area contributed by atoms with Crippen LogP contribution < -0.4 is 0 Å². The van der Waals surface area contributed by atoms with E-state index in [-0.39, 0.29) is 5.56 Å². The average Bonchev–Trinajstić information content (AvgIpc) is 2.40. The number of carbonyl (C=O) groups is 3. The van der Waals surface area contributed by atoms with Crippen molar-refractivity contribution in [1.29, 1.82) is 0 Å². The molecule has 2 atom stereocenters. The molecule has 102 valence electrons. The van der Waals surface area contributed by atoms with Crippen LogP contribution in [0.5, 0.6) is 0 Å². The quantitative estimate of drug-likeness (QED) is 0.508. The van der Waals surface area contributed by atoms with Crippen molar-refractivity contribution >= 4 is 29.6 Å². The fourth-order valence-corrected chi connectivity index (χ4v) is 1.65. The van der Waals surface area contributed by atoms with E-state index in [9.17, 15) is 19.5 Å². The molecule has 0 saturated carbocycles. The van der Waals surface area contributed by atoms with Crippen molar-refractivity contribution < 1.29 is 34.0 Å². The van der Waals surface area contributed by atoms with Crippen LogP contribution in [0.3, 0.4) is 0 Å². The third-order valence-electron chi connectivity index (χ3n) is 2.43. The molecular weight excluding hydrogens is 280 g/mol. The van der Waals surface area contributed by atoms with E-state index in [0.717, 1.165) is 0 Å². The molecule has 19 heavy (non-hydrogen) atoms. The van der Waals surface area contributed by atoms with Gasteiger partial charge in [0.2, 0.25) is 11.9 Å². The molecule has 0 fully saturated rings. The third-order valence-corrected chi connectivity index (χ3v) is 2.68. The highest BCUT2D eigenvalue weighted by atomic mass is 35.5. The first kappa shape index (κ1) is 15.1. The number of hydrogen-bond donors (Lipinski definition) is 3. The summed E-state index contributed by atoms with van der Waals surface area (Å²) in [7, 11) is 0. The Labute approximate surface area is 112 Å². The first-order valence-corrected chi connectivity index (χ1v) is 5.22. The Kier molecular flexibility index (Phi) is 4.60. The van der Waals surface area contributed by atoms with Crippen LogP contribution in [-0.4, -0.2) is 44.7 Å². The fraction of sp³-hybridized carbons (Fsp3) is 0.182. The number of carboxylic acid groups (broad SMARTS) is 2. The summed E-state index contributed by atoms with van der Waals surface area (Å²) in [5.41, 5.74) is -3.28. The van der Waals surface area contributed by atoms with Gasteiger partial charge >= 0.3 is 11.9 Å². The van der Waals surface area contributed by atoms with Crippen LogP contribution in [-0.2, 0) is 13.9 Å². The zero-order valence-electron chi connectivity index (χ0n) is 9.32. The maximum absolute atomic E-state index is 12.1. The Morgan fingerprint density at radius 2 is 1.68 bits per heavy atom. The van der Waals surface area contributed by atoms with Crippen LogP contribution >= 0.6 is 11.9 Å². The summed E-state index contributed by atoms with van der Waals surface area (Å²) in [6.45, 7) is 0. The number of rotatable bonds is 6. The van der Waals surface area contributed by atoms with Crippen LogP contribution in [0.4, 0.5) is 0 Å². The van der Waals surface area contributed by atoms with Gasteiger partial charge in [0.25, 0.3) is 5.60 Å². The second-order valence-electron chi connectivity index (χ2n) is 3.55. The molecule has 0 aromatic heterocycles. The van der Waals surface area contributed by atoms with Crippen molar-refractivity contribution in [2.45, 2.75) is 11.7 Å². The van der Waals surface area contributed by atoms with Crippen LogP contribution in [0, 0.1) is 0 Å². The van der Waals surface area contributed by atoms with Gasteiger partial charge < -0.3 is 15.3 Å². The van der Waals surface area contributed by atoms with Crippen molar-refractivity contribution in [1.82, 2.24) is 0 Å². The van der Waals surface area contributed by atoms with E-state index in [4.69, 9.17) is 22.1 Å². The Morgan fingerprint density at radius 3 is 2.05 bits per heavy atom. The average molecular weight is 289 g/mol. The topological polar surface area (TPSA) is 121 Å². The molecule has 1 aromatic rings. The summed E-state index contributed by atoms with van der Waals surface area (Å²) >= 11 is 4.98. The SMILES string of the molecule is O=C(O)C(O)[C@@](OCl)(C(=O)O)C(=O)c1ccccc1. The molecule has 7 nitrogen and oxygen atoms in total. The summed E-state index contributed by atoms with van der Waals surface area (Å²) in [5.74, 6) is -5.23. The van der Waals surface area contributed by atoms with E-state index >= 15 is 0 Å². The van der Waals surface area contributed by atoms with Gasteiger partial charge in [0, 0.05) is 5.56 Å². The summed E-state index contributed by atoms with van der Waals surface area (Å²) in [4.78, 5) is 34.0. The van der Waals surface area contributed by atoms with Crippen molar-refractivity contribution in [2.24, 2.45) is 0 Å². The molecule has 0 aliphatic heterocycles. The molecule has 0 spiro atoms. The third kappa shape index (κ3) is 2.58. The number of aliphatic hydroxyl groups is 1. The summed E-state index contributed by atoms with van der Waals surface area (Å²) in [6.07, 6.45) is -2.66. The minimum absolute atomic E-state index is 0.161. The van der Waals surface area contributed by atoms with Gasteiger partial charge in [-0.3, -0.25) is 4.79 Å². The lowest BCUT2D eigenvalue weighted by Crippen LogP contribution is -2.59. The zero-order chi connectivity index (χ0) is 14.6. The standard InChI is InChI=1S/C11H9ClO7/c12-19-11(10(17)18,8(14)9(15)16)7(13)6-4-2-1-3-5-6/h1-5,8,14H,(H,15,16)(H,17,18)/t8?,11-/m1/s1. The van der Waals surface area contributed by atoms with E-state index in [1.165, 1.54) is 24.3 Å². The Balaban J connectivity index is 3.36. The van der Waals surface area contributed by atoms with Gasteiger partial charge in [-0.25, -0.2) is 13.9 Å². The summed E-state index contributed by atoms with van der Waals surface area (Å²) < 4.78 is 4.03. The molecular formula is C11H9ClO7. The summed E-state index contributed by atoms with van der Waals surface area (Å²) in [6, 6.07) is 6.91. The largest absolute Gasteiger partial charge is 0.479 e. The Morgan fingerprint density at radius 1 is 1.16 bits per heavy atom. The first-order chi connectivity index (χ1) is 8.87. The molecule has 0 aliphatic carbocycles. The van der Waals surface area contributed by atoms with Crippen molar-refractivity contribution in [3.05, 3.63) is 35.9 Å². The fourth-order valence-electron chi connectivity index (χ4n) is 1.43. The van der Waals surface area contributed by atoms with Crippen LogP contribution in [0.2, 0.25) is 0 Å². The van der Waals surface area contributed by atoms with Gasteiger partial charge in [-0.2, -0.15) is 0 Å². The number of Topliss-reactive ketones (excluding diaryl/α,β-unsaturated/α-hetero) is 1. The van der Waals surface area contributed by atoms with Gasteiger partial charge in [-0.1, -0.05) is 30.3 Å². The molecule has 8 heteroatoms. The molecule has 1 rings (SSSR count). The van der Waals surface area contributed by atoms with Gasteiger partial charge in [0.15, 0.2) is 0 Å². The lowest BCUT2D eigenvalue weighted by Gasteiger charge is -2.26. The number of halogens is 1. The van der Waals surface area contributed by atoms with E-state index in [1.807, 2.05) is 0 Å². The maximum atomic E-state index is 12.1. The number of ketones is 1. The minimum atomic E-state index is -3.12. The highest BCUT2D eigenvalue weighted by Crippen LogP contribution is 2.25. The molecule has 0 radical (unpaired) electrons. The zero-order valence-corrected chi connectivity index (χ0v) is 10.1. The number of carbonyl (C=O) groups excluding carboxylic acids is 1. The Hall–Kier alpha value is -1.96. The summed E-state index contributed by atoms with van der Waals surface area (Å²) in [5, 5.41) is 27.1.